The highest BCUT2D eigenvalue weighted by atomic mass is 19.1. The highest BCUT2D eigenvalue weighted by Crippen LogP contribution is 2.25. The van der Waals surface area contributed by atoms with Crippen molar-refractivity contribution in [2.45, 2.75) is 0 Å². The normalized spacial score (nSPS) is 11.1. The van der Waals surface area contributed by atoms with Gasteiger partial charge in [0.2, 0.25) is 5.91 Å². The molecule has 6 nitrogen and oxygen atoms in total. The fourth-order valence-corrected chi connectivity index (χ4v) is 2.87. The summed E-state index contributed by atoms with van der Waals surface area (Å²) in [4.78, 5) is 16.2. The summed E-state index contributed by atoms with van der Waals surface area (Å²) in [5.74, 6) is -1.29. The van der Waals surface area contributed by atoms with Crippen molar-refractivity contribution in [1.29, 1.82) is 0 Å². The van der Waals surface area contributed by atoms with Crippen LogP contribution in [0.25, 0.3) is 23.1 Å². The lowest BCUT2D eigenvalue weighted by Crippen LogP contribution is -2.22. The summed E-state index contributed by atoms with van der Waals surface area (Å²) in [6.07, 6.45) is 6.72. The highest BCUT2D eigenvalue weighted by Gasteiger charge is 2.12. The number of halogens is 2. The minimum Gasteiger partial charge on any atom is -0.375 e. The second-order valence-corrected chi connectivity index (χ2v) is 6.51. The van der Waals surface area contributed by atoms with Gasteiger partial charge in [-0.3, -0.25) is 14.9 Å². The molecule has 3 N–H and O–H groups in total. The number of carbonyl (C=O) groups is 1. The van der Waals surface area contributed by atoms with Crippen LogP contribution in [0.4, 0.5) is 20.2 Å². The second kappa shape index (κ2) is 8.52. The van der Waals surface area contributed by atoms with Crippen LogP contribution in [0.15, 0.2) is 60.9 Å². The number of aromatic nitrogens is 3. The number of rotatable bonds is 6. The first-order valence-electron chi connectivity index (χ1n) is 9.13. The number of anilines is 2. The van der Waals surface area contributed by atoms with E-state index in [2.05, 4.69) is 25.8 Å². The Bertz CT molecular complexity index is 1200. The third-order valence-electron chi connectivity index (χ3n) is 4.37. The molecule has 0 aliphatic heterocycles. The molecule has 4 rings (SSSR count). The molecule has 0 fully saturated rings. The maximum Gasteiger partial charge on any atom is 0.243 e. The van der Waals surface area contributed by atoms with Crippen LogP contribution >= 0.6 is 0 Å². The number of hydrogen-bond acceptors (Lipinski definition) is 4. The molecule has 0 unspecified atom stereocenters. The molecule has 2 aromatic heterocycles. The summed E-state index contributed by atoms with van der Waals surface area (Å²) in [6, 6.07) is 12.3. The van der Waals surface area contributed by atoms with Gasteiger partial charge in [0.25, 0.3) is 0 Å². The smallest absolute Gasteiger partial charge is 0.243 e. The van der Waals surface area contributed by atoms with Crippen LogP contribution in [0.5, 0.6) is 0 Å². The van der Waals surface area contributed by atoms with Crippen LogP contribution in [-0.4, -0.2) is 27.6 Å². The number of pyridine rings is 1. The molecular formula is C22H17F2N5O. The molecule has 4 aromatic rings. The third-order valence-corrected chi connectivity index (χ3v) is 4.37. The number of benzene rings is 2. The molecule has 2 aromatic carbocycles. The molecule has 0 spiro atoms. The van der Waals surface area contributed by atoms with Crippen molar-refractivity contribution in [3.05, 3.63) is 83.8 Å². The predicted molar refractivity (Wildman–Crippen MR) is 113 cm³/mol. The van der Waals surface area contributed by atoms with Crippen LogP contribution in [0.2, 0.25) is 0 Å². The van der Waals surface area contributed by atoms with Gasteiger partial charge < -0.3 is 10.6 Å². The van der Waals surface area contributed by atoms with Gasteiger partial charge in [-0.05, 0) is 42.0 Å². The van der Waals surface area contributed by atoms with Gasteiger partial charge in [-0.15, -0.1) is 0 Å². The molecule has 1 amide bonds. The van der Waals surface area contributed by atoms with Crippen molar-refractivity contribution < 1.29 is 13.6 Å². The van der Waals surface area contributed by atoms with Gasteiger partial charge in [0.05, 0.1) is 29.1 Å². The van der Waals surface area contributed by atoms with Crippen molar-refractivity contribution in [3.63, 3.8) is 0 Å². The lowest BCUT2D eigenvalue weighted by atomic mass is 10.1. The first-order valence-corrected chi connectivity index (χ1v) is 9.13. The lowest BCUT2D eigenvalue weighted by Gasteiger charge is -2.08. The van der Waals surface area contributed by atoms with Crippen molar-refractivity contribution in [2.24, 2.45) is 0 Å². The van der Waals surface area contributed by atoms with Gasteiger partial charge in [-0.2, -0.15) is 5.10 Å². The molecule has 2 heterocycles. The zero-order valence-corrected chi connectivity index (χ0v) is 15.7. The minimum atomic E-state index is -0.574. The molecule has 0 aliphatic rings. The molecule has 0 atom stereocenters. The van der Waals surface area contributed by atoms with Crippen LogP contribution in [0.3, 0.4) is 0 Å². The number of amides is 1. The van der Waals surface area contributed by atoms with Gasteiger partial charge in [-0.25, -0.2) is 8.78 Å². The molecular weight excluding hydrogens is 388 g/mol. The zero-order valence-electron chi connectivity index (χ0n) is 15.7. The fraction of sp³-hybridized carbons (Fsp3) is 0.0455. The Morgan fingerprint density at radius 1 is 1.10 bits per heavy atom. The molecule has 150 valence electrons. The first kappa shape index (κ1) is 19.3. The number of carbonyl (C=O) groups excluding carboxylic acids is 1. The first-order chi connectivity index (χ1) is 14.6. The highest BCUT2D eigenvalue weighted by molar-refractivity contribution is 5.98. The van der Waals surface area contributed by atoms with E-state index in [9.17, 15) is 13.6 Å². The number of aromatic amines is 1. The lowest BCUT2D eigenvalue weighted by molar-refractivity contribution is -0.114. The van der Waals surface area contributed by atoms with Gasteiger partial charge in [0, 0.05) is 23.8 Å². The molecule has 0 saturated carbocycles. The van der Waals surface area contributed by atoms with Gasteiger partial charge in [0.1, 0.15) is 11.6 Å². The average molecular weight is 405 g/mol. The molecule has 0 bridgehead atoms. The van der Waals surface area contributed by atoms with Gasteiger partial charge in [0.15, 0.2) is 0 Å². The summed E-state index contributed by atoms with van der Waals surface area (Å²) < 4.78 is 27.4. The van der Waals surface area contributed by atoms with Gasteiger partial charge >= 0.3 is 0 Å². The van der Waals surface area contributed by atoms with Crippen LogP contribution in [-0.2, 0) is 4.79 Å². The topological polar surface area (TPSA) is 82.7 Å². The Morgan fingerprint density at radius 2 is 1.93 bits per heavy atom. The predicted octanol–water partition coefficient (Wildman–Crippen LogP) is 4.46. The number of fused-ring (bicyclic) bond motifs is 1. The maximum atomic E-state index is 14.4. The standard InChI is InChI=1S/C22H17F2N5O/c23-15-6-3-14(4-7-15)5-8-19-17-10-21(18(24)11-20(17)29-28-19)27-22(30)13-26-16-2-1-9-25-12-16/h1-12,26H,13H2,(H,27,30)(H,28,29)/b8-5+. The van der Waals surface area contributed by atoms with Gasteiger partial charge in [-0.1, -0.05) is 18.2 Å². The summed E-state index contributed by atoms with van der Waals surface area (Å²) in [5, 5.41) is 13.1. The Hall–Kier alpha value is -4.07. The van der Waals surface area contributed by atoms with Crippen molar-refractivity contribution in [2.75, 3.05) is 17.2 Å². The van der Waals surface area contributed by atoms with E-state index in [-0.39, 0.29) is 18.0 Å². The molecule has 0 radical (unpaired) electrons. The summed E-state index contributed by atoms with van der Waals surface area (Å²) in [6.45, 7) is -0.0358. The van der Waals surface area contributed by atoms with Crippen LogP contribution in [0.1, 0.15) is 11.3 Å². The summed E-state index contributed by atoms with van der Waals surface area (Å²) in [5.41, 5.74) is 2.60. The Morgan fingerprint density at radius 3 is 2.70 bits per heavy atom. The zero-order chi connectivity index (χ0) is 20.9. The quantitative estimate of drug-likeness (QED) is 0.442. The van der Waals surface area contributed by atoms with E-state index < -0.39 is 11.7 Å². The SMILES string of the molecule is O=C(CNc1cccnc1)Nc1cc2c(/C=C/c3ccc(F)cc3)n[nH]c2cc1F. The Kier molecular flexibility index (Phi) is 5.47. The van der Waals surface area contributed by atoms with E-state index in [0.29, 0.717) is 22.3 Å². The molecule has 0 aliphatic carbocycles. The third kappa shape index (κ3) is 4.49. The summed E-state index contributed by atoms with van der Waals surface area (Å²) in [7, 11) is 0. The Labute approximate surface area is 170 Å². The monoisotopic (exact) mass is 405 g/mol. The van der Waals surface area contributed by atoms with E-state index in [1.807, 2.05) is 0 Å². The fourth-order valence-electron chi connectivity index (χ4n) is 2.87. The van der Waals surface area contributed by atoms with Crippen LogP contribution < -0.4 is 10.6 Å². The number of H-pyrrole nitrogens is 1. The van der Waals surface area contributed by atoms with E-state index in [1.165, 1.54) is 24.3 Å². The second-order valence-electron chi connectivity index (χ2n) is 6.51. The average Bonchev–Trinajstić information content (AvgIpc) is 3.14. The van der Waals surface area contributed by atoms with Crippen LogP contribution in [0, 0.1) is 11.6 Å². The number of nitrogens with one attached hydrogen (secondary N) is 3. The van der Waals surface area contributed by atoms with Crippen molar-refractivity contribution in [1.82, 2.24) is 15.2 Å². The van der Waals surface area contributed by atoms with E-state index >= 15 is 0 Å². The molecule has 30 heavy (non-hydrogen) atoms. The number of hydrogen-bond donors (Lipinski definition) is 3. The van der Waals surface area contributed by atoms with Crippen molar-refractivity contribution in [3.8, 4) is 0 Å². The minimum absolute atomic E-state index is 0.0358. The maximum absolute atomic E-state index is 14.4. The molecule has 0 saturated heterocycles. The van der Waals surface area contributed by atoms with E-state index in [1.54, 1.807) is 48.8 Å². The van der Waals surface area contributed by atoms with Crippen molar-refractivity contribution >= 4 is 40.3 Å². The largest absolute Gasteiger partial charge is 0.375 e. The summed E-state index contributed by atoms with van der Waals surface area (Å²) >= 11 is 0. The Balaban J connectivity index is 1.51. The number of nitrogens with zero attached hydrogens (tertiary/aromatic N) is 2. The van der Waals surface area contributed by atoms with E-state index in [0.717, 1.165) is 5.56 Å². The molecule has 8 heteroatoms. The van der Waals surface area contributed by atoms with E-state index in [4.69, 9.17) is 0 Å².